The largest absolute Gasteiger partial charge is 0.309 e. The van der Waals surface area contributed by atoms with Crippen LogP contribution in [0.2, 0.25) is 0 Å². The van der Waals surface area contributed by atoms with Crippen molar-refractivity contribution in [2.45, 2.75) is 0 Å². The van der Waals surface area contributed by atoms with Gasteiger partial charge in [-0.1, -0.05) is 109 Å². The van der Waals surface area contributed by atoms with Crippen LogP contribution < -0.4 is 0 Å². The smallest absolute Gasteiger partial charge is 0.0555 e. The molecule has 0 atom stereocenters. The number of aromatic nitrogens is 2. The lowest BCUT2D eigenvalue weighted by Crippen LogP contribution is -1.98. The van der Waals surface area contributed by atoms with Gasteiger partial charge in [-0.05, 0) is 54.1 Å². The molecule has 7 aromatic carbocycles. The highest BCUT2D eigenvalue weighted by Gasteiger charge is 2.19. The quantitative estimate of drug-likeness (QED) is 0.194. The van der Waals surface area contributed by atoms with Crippen molar-refractivity contribution in [3.63, 3.8) is 0 Å². The minimum atomic E-state index is 1.16. The zero-order valence-corrected chi connectivity index (χ0v) is 25.1. The standard InChI is InChI=1S/C42H26N2S/c1-6-19-35(44-36-20-7-2-15-30(36)31-16-3-8-21-37(31)44)29(14-1)27-12-11-13-28(26-27)43-38-22-9-4-18-34(38)41-39(43)25-24-33-32-17-5-10-23-40(32)45-42(33)41/h1-26H. The lowest BCUT2D eigenvalue weighted by molar-refractivity contribution is 1.17. The summed E-state index contributed by atoms with van der Waals surface area (Å²) in [6, 6.07) is 57.6. The SMILES string of the molecule is c1cc(-c2ccccc2-n2c3ccccc3c3ccccc32)cc(-n2c3ccccc3c3c4sc5ccccc5c4ccc32)c1. The van der Waals surface area contributed by atoms with Crippen LogP contribution in [0.4, 0.5) is 0 Å². The number of para-hydroxylation sites is 4. The number of thiophene rings is 1. The van der Waals surface area contributed by atoms with Crippen molar-refractivity contribution in [3.05, 3.63) is 158 Å². The van der Waals surface area contributed by atoms with Gasteiger partial charge in [-0.3, -0.25) is 0 Å². The molecule has 0 spiro atoms. The summed E-state index contributed by atoms with van der Waals surface area (Å²) >= 11 is 1.90. The second kappa shape index (κ2) is 9.43. The van der Waals surface area contributed by atoms with E-state index in [1.807, 2.05) is 11.3 Å². The summed E-state index contributed by atoms with van der Waals surface area (Å²) in [5, 5.41) is 7.84. The van der Waals surface area contributed by atoms with Gasteiger partial charge in [0.1, 0.15) is 0 Å². The minimum Gasteiger partial charge on any atom is -0.309 e. The first-order chi connectivity index (χ1) is 22.3. The van der Waals surface area contributed by atoms with Gasteiger partial charge in [-0.2, -0.15) is 0 Å². The van der Waals surface area contributed by atoms with Crippen LogP contribution in [0.15, 0.2) is 158 Å². The Kier molecular flexibility index (Phi) is 5.19. The average Bonchev–Trinajstić information content (AvgIpc) is 3.76. The third kappa shape index (κ3) is 3.50. The third-order valence-electron chi connectivity index (χ3n) is 9.32. The van der Waals surface area contributed by atoms with Gasteiger partial charge in [-0.15, -0.1) is 11.3 Å². The second-order valence-electron chi connectivity index (χ2n) is 11.7. The molecule has 0 aliphatic carbocycles. The zero-order chi connectivity index (χ0) is 29.5. The van der Waals surface area contributed by atoms with E-state index in [0.717, 1.165) is 5.69 Å². The molecule has 10 rings (SSSR count). The van der Waals surface area contributed by atoms with Gasteiger partial charge in [-0.25, -0.2) is 0 Å². The Morgan fingerprint density at radius 3 is 1.80 bits per heavy atom. The Morgan fingerprint density at radius 1 is 0.400 bits per heavy atom. The highest BCUT2D eigenvalue weighted by Crippen LogP contribution is 2.44. The molecule has 0 fully saturated rings. The van der Waals surface area contributed by atoms with Crippen LogP contribution in [0.3, 0.4) is 0 Å². The molecule has 0 unspecified atom stereocenters. The molecule has 10 aromatic rings. The van der Waals surface area contributed by atoms with Crippen LogP contribution in [0.25, 0.3) is 86.3 Å². The van der Waals surface area contributed by atoms with Crippen LogP contribution in [0.5, 0.6) is 0 Å². The van der Waals surface area contributed by atoms with E-state index in [2.05, 4.69) is 167 Å². The molecule has 3 heteroatoms. The molecule has 0 aliphatic heterocycles. The van der Waals surface area contributed by atoms with E-state index in [-0.39, 0.29) is 0 Å². The molecule has 0 aliphatic rings. The van der Waals surface area contributed by atoms with Gasteiger partial charge in [0.25, 0.3) is 0 Å². The molecule has 2 nitrogen and oxygen atoms in total. The van der Waals surface area contributed by atoms with E-state index in [1.54, 1.807) is 0 Å². The first-order valence-corrected chi connectivity index (χ1v) is 16.2. The highest BCUT2D eigenvalue weighted by atomic mass is 32.1. The summed E-state index contributed by atoms with van der Waals surface area (Å²) in [4.78, 5) is 0. The van der Waals surface area contributed by atoms with Crippen molar-refractivity contribution in [1.29, 1.82) is 0 Å². The third-order valence-corrected chi connectivity index (χ3v) is 10.5. The molecule has 0 radical (unpaired) electrons. The van der Waals surface area contributed by atoms with E-state index in [4.69, 9.17) is 0 Å². The molecule has 0 bridgehead atoms. The Balaban J connectivity index is 1.23. The Bertz CT molecular complexity index is 2720. The summed E-state index contributed by atoms with van der Waals surface area (Å²) < 4.78 is 7.56. The molecule has 0 amide bonds. The average molecular weight is 591 g/mol. The molecule has 3 heterocycles. The Morgan fingerprint density at radius 2 is 1.02 bits per heavy atom. The molecule has 45 heavy (non-hydrogen) atoms. The summed E-state index contributed by atoms with van der Waals surface area (Å²) in [6.45, 7) is 0. The van der Waals surface area contributed by atoms with Gasteiger partial charge >= 0.3 is 0 Å². The van der Waals surface area contributed by atoms with Crippen molar-refractivity contribution in [3.8, 4) is 22.5 Å². The number of rotatable bonds is 3. The summed E-state index contributed by atoms with van der Waals surface area (Å²) in [7, 11) is 0. The maximum absolute atomic E-state index is 2.45. The number of hydrogen-bond acceptors (Lipinski definition) is 1. The molecule has 3 aromatic heterocycles. The molecular formula is C42H26N2S. The van der Waals surface area contributed by atoms with E-state index in [0.29, 0.717) is 0 Å². The van der Waals surface area contributed by atoms with Crippen LogP contribution in [0.1, 0.15) is 0 Å². The number of benzene rings is 7. The van der Waals surface area contributed by atoms with Gasteiger partial charge in [0.15, 0.2) is 0 Å². The van der Waals surface area contributed by atoms with E-state index < -0.39 is 0 Å². The lowest BCUT2D eigenvalue weighted by Gasteiger charge is -2.15. The van der Waals surface area contributed by atoms with Gasteiger partial charge in [0, 0.05) is 53.0 Å². The molecule has 0 saturated carbocycles. The van der Waals surface area contributed by atoms with E-state index in [1.165, 1.54) is 80.6 Å². The fourth-order valence-electron chi connectivity index (χ4n) is 7.42. The maximum Gasteiger partial charge on any atom is 0.0555 e. The maximum atomic E-state index is 2.45. The van der Waals surface area contributed by atoms with Crippen LogP contribution in [-0.2, 0) is 0 Å². The lowest BCUT2D eigenvalue weighted by atomic mass is 10.0. The van der Waals surface area contributed by atoms with Crippen molar-refractivity contribution in [2.75, 3.05) is 0 Å². The minimum absolute atomic E-state index is 1.16. The van der Waals surface area contributed by atoms with E-state index >= 15 is 0 Å². The van der Waals surface area contributed by atoms with Gasteiger partial charge in [0.05, 0.1) is 27.8 Å². The molecular weight excluding hydrogens is 565 g/mol. The predicted octanol–water partition coefficient (Wildman–Crippen LogP) is 11.9. The number of fused-ring (bicyclic) bond motifs is 10. The monoisotopic (exact) mass is 590 g/mol. The fraction of sp³-hybridized carbons (Fsp3) is 0. The topological polar surface area (TPSA) is 9.86 Å². The zero-order valence-electron chi connectivity index (χ0n) is 24.3. The summed E-state index contributed by atoms with van der Waals surface area (Å²) in [6.07, 6.45) is 0. The van der Waals surface area contributed by atoms with Gasteiger partial charge in [0.2, 0.25) is 0 Å². The number of hydrogen-bond donors (Lipinski definition) is 0. The molecule has 210 valence electrons. The van der Waals surface area contributed by atoms with Crippen molar-refractivity contribution in [2.24, 2.45) is 0 Å². The van der Waals surface area contributed by atoms with Crippen LogP contribution >= 0.6 is 11.3 Å². The second-order valence-corrected chi connectivity index (χ2v) is 12.8. The van der Waals surface area contributed by atoms with Gasteiger partial charge < -0.3 is 9.13 Å². The van der Waals surface area contributed by atoms with E-state index in [9.17, 15) is 0 Å². The van der Waals surface area contributed by atoms with Crippen molar-refractivity contribution in [1.82, 2.24) is 9.13 Å². The molecule has 0 saturated heterocycles. The van der Waals surface area contributed by atoms with Crippen LogP contribution in [0, 0.1) is 0 Å². The number of nitrogens with zero attached hydrogens (tertiary/aromatic N) is 2. The van der Waals surface area contributed by atoms with Crippen molar-refractivity contribution < 1.29 is 0 Å². The Hall–Kier alpha value is -5.64. The first-order valence-electron chi connectivity index (χ1n) is 15.4. The van der Waals surface area contributed by atoms with Crippen LogP contribution in [-0.4, -0.2) is 9.13 Å². The summed E-state index contributed by atoms with van der Waals surface area (Å²) in [5.74, 6) is 0. The Labute approximate surface area is 263 Å². The normalized spacial score (nSPS) is 12.0. The summed E-state index contributed by atoms with van der Waals surface area (Å²) in [5.41, 5.74) is 9.65. The molecule has 0 N–H and O–H groups in total. The predicted molar refractivity (Wildman–Crippen MR) is 193 cm³/mol. The highest BCUT2D eigenvalue weighted by molar-refractivity contribution is 7.26. The van der Waals surface area contributed by atoms with Crippen molar-refractivity contribution >= 4 is 75.1 Å². The first kappa shape index (κ1) is 24.8. The fourth-order valence-corrected chi connectivity index (χ4v) is 8.68.